The highest BCUT2D eigenvalue weighted by Gasteiger charge is 2.32. The summed E-state index contributed by atoms with van der Waals surface area (Å²) in [6, 6.07) is 14.9. The normalized spacial score (nSPS) is 15.0. The standard InChI is InChI=1S/C24H23F3N4O2/c1-16-13-20(29-31(16)19-9-3-2-4-10-19)23(33)28-21(15-30-12-6-11-22(30)32)17-7-5-8-18(14-17)24(25,26)27/h2-5,7-10,13-14,21H,6,11-12,15H2,1H3,(H,28,33). The average molecular weight is 456 g/mol. The molecule has 0 aliphatic carbocycles. The Kier molecular flexibility index (Phi) is 6.22. The van der Waals surface area contributed by atoms with Crippen molar-refractivity contribution in [1.29, 1.82) is 0 Å². The van der Waals surface area contributed by atoms with Crippen molar-refractivity contribution in [2.24, 2.45) is 0 Å². The number of hydrogen-bond acceptors (Lipinski definition) is 3. The Balaban J connectivity index is 1.62. The summed E-state index contributed by atoms with van der Waals surface area (Å²) in [5.74, 6) is -0.604. The fourth-order valence-corrected chi connectivity index (χ4v) is 3.93. The van der Waals surface area contributed by atoms with Gasteiger partial charge in [-0.05, 0) is 49.2 Å². The quantitative estimate of drug-likeness (QED) is 0.602. The summed E-state index contributed by atoms with van der Waals surface area (Å²) >= 11 is 0. The van der Waals surface area contributed by atoms with Gasteiger partial charge in [0.25, 0.3) is 5.91 Å². The molecule has 1 aromatic heterocycles. The number of aryl methyl sites for hydroxylation is 1. The van der Waals surface area contributed by atoms with Gasteiger partial charge in [0.1, 0.15) is 0 Å². The van der Waals surface area contributed by atoms with Crippen LogP contribution in [0.1, 0.15) is 46.2 Å². The zero-order valence-corrected chi connectivity index (χ0v) is 18.0. The van der Waals surface area contributed by atoms with Crippen molar-refractivity contribution in [2.75, 3.05) is 13.1 Å². The first-order valence-electron chi connectivity index (χ1n) is 10.6. The molecule has 0 spiro atoms. The first-order valence-corrected chi connectivity index (χ1v) is 10.6. The fraction of sp³-hybridized carbons (Fsp3) is 0.292. The van der Waals surface area contributed by atoms with Gasteiger partial charge in [-0.15, -0.1) is 0 Å². The Morgan fingerprint density at radius 3 is 2.55 bits per heavy atom. The number of carbonyl (C=O) groups is 2. The van der Waals surface area contributed by atoms with E-state index in [1.165, 1.54) is 12.1 Å². The second-order valence-electron chi connectivity index (χ2n) is 8.01. The van der Waals surface area contributed by atoms with Crippen LogP contribution in [0.2, 0.25) is 0 Å². The molecule has 4 rings (SSSR count). The van der Waals surface area contributed by atoms with Gasteiger partial charge >= 0.3 is 6.18 Å². The van der Waals surface area contributed by atoms with Crippen LogP contribution in [0.15, 0.2) is 60.7 Å². The number of nitrogens with one attached hydrogen (secondary N) is 1. The van der Waals surface area contributed by atoms with E-state index in [2.05, 4.69) is 10.4 Å². The van der Waals surface area contributed by atoms with Crippen molar-refractivity contribution in [1.82, 2.24) is 20.0 Å². The monoisotopic (exact) mass is 456 g/mol. The maximum Gasteiger partial charge on any atom is 0.416 e. The highest BCUT2D eigenvalue weighted by Crippen LogP contribution is 2.31. The van der Waals surface area contributed by atoms with Gasteiger partial charge in [-0.1, -0.05) is 30.3 Å². The van der Waals surface area contributed by atoms with Crippen LogP contribution in [-0.4, -0.2) is 39.6 Å². The Morgan fingerprint density at radius 1 is 1.12 bits per heavy atom. The van der Waals surface area contributed by atoms with Crippen LogP contribution in [-0.2, 0) is 11.0 Å². The Hall–Kier alpha value is -3.62. The van der Waals surface area contributed by atoms with Crippen LogP contribution in [0.4, 0.5) is 13.2 Å². The van der Waals surface area contributed by atoms with E-state index >= 15 is 0 Å². The number of benzene rings is 2. The highest BCUT2D eigenvalue weighted by atomic mass is 19.4. The van der Waals surface area contributed by atoms with Crippen molar-refractivity contribution in [3.8, 4) is 5.69 Å². The topological polar surface area (TPSA) is 67.2 Å². The lowest BCUT2D eigenvalue weighted by Gasteiger charge is -2.25. The molecule has 9 heteroatoms. The summed E-state index contributed by atoms with van der Waals surface area (Å²) in [5, 5.41) is 7.17. The molecule has 2 aromatic carbocycles. The molecule has 2 amide bonds. The molecule has 1 aliphatic heterocycles. The Morgan fingerprint density at radius 2 is 1.88 bits per heavy atom. The van der Waals surface area contributed by atoms with Crippen molar-refractivity contribution in [2.45, 2.75) is 32.0 Å². The van der Waals surface area contributed by atoms with Gasteiger partial charge < -0.3 is 10.2 Å². The van der Waals surface area contributed by atoms with E-state index in [0.717, 1.165) is 23.5 Å². The van der Waals surface area contributed by atoms with Crippen molar-refractivity contribution in [3.63, 3.8) is 0 Å². The molecule has 1 aliphatic rings. The summed E-state index contributed by atoms with van der Waals surface area (Å²) in [5.41, 5.74) is 1.12. The molecule has 6 nitrogen and oxygen atoms in total. The van der Waals surface area contributed by atoms with E-state index < -0.39 is 23.7 Å². The second-order valence-corrected chi connectivity index (χ2v) is 8.01. The van der Waals surface area contributed by atoms with E-state index in [0.29, 0.717) is 19.4 Å². The van der Waals surface area contributed by atoms with Crippen LogP contribution in [0.25, 0.3) is 5.69 Å². The average Bonchev–Trinajstić information content (AvgIpc) is 3.38. The molecule has 1 unspecified atom stereocenters. The Labute approximate surface area is 189 Å². The van der Waals surface area contributed by atoms with Gasteiger partial charge in [0.15, 0.2) is 5.69 Å². The summed E-state index contributed by atoms with van der Waals surface area (Å²) in [7, 11) is 0. The first kappa shape index (κ1) is 22.6. The second kappa shape index (κ2) is 9.09. The molecule has 0 saturated carbocycles. The molecule has 172 valence electrons. The van der Waals surface area contributed by atoms with Crippen LogP contribution < -0.4 is 5.32 Å². The number of nitrogens with zero attached hydrogens (tertiary/aromatic N) is 3. The molecule has 3 aromatic rings. The lowest BCUT2D eigenvalue weighted by atomic mass is 10.0. The minimum Gasteiger partial charge on any atom is -0.342 e. The van der Waals surface area contributed by atoms with Gasteiger partial charge in [-0.3, -0.25) is 9.59 Å². The van der Waals surface area contributed by atoms with Gasteiger partial charge in [-0.2, -0.15) is 18.3 Å². The lowest BCUT2D eigenvalue weighted by molar-refractivity contribution is -0.137. The summed E-state index contributed by atoms with van der Waals surface area (Å²) in [4.78, 5) is 26.8. The number of carbonyl (C=O) groups excluding carboxylic acids is 2. The minimum atomic E-state index is -4.51. The molecular weight excluding hydrogens is 433 g/mol. The SMILES string of the molecule is Cc1cc(C(=O)NC(CN2CCCC2=O)c2cccc(C(F)(F)F)c2)nn1-c1ccccc1. The third-order valence-electron chi connectivity index (χ3n) is 5.62. The van der Waals surface area contributed by atoms with Crippen LogP contribution in [0.3, 0.4) is 0 Å². The number of alkyl halides is 3. The maximum atomic E-state index is 13.3. The van der Waals surface area contributed by atoms with E-state index in [4.69, 9.17) is 0 Å². The van der Waals surface area contributed by atoms with Crippen LogP contribution >= 0.6 is 0 Å². The number of hydrogen-bond donors (Lipinski definition) is 1. The van der Waals surface area contributed by atoms with Gasteiger partial charge in [0.05, 0.1) is 17.3 Å². The molecule has 1 atom stereocenters. The molecule has 0 radical (unpaired) electrons. The van der Waals surface area contributed by atoms with Crippen molar-refractivity contribution in [3.05, 3.63) is 83.2 Å². The van der Waals surface area contributed by atoms with Crippen molar-refractivity contribution < 1.29 is 22.8 Å². The van der Waals surface area contributed by atoms with E-state index in [9.17, 15) is 22.8 Å². The third-order valence-corrected chi connectivity index (χ3v) is 5.62. The smallest absolute Gasteiger partial charge is 0.342 e. The first-order chi connectivity index (χ1) is 15.7. The van der Waals surface area contributed by atoms with Crippen LogP contribution in [0.5, 0.6) is 0 Å². The van der Waals surface area contributed by atoms with Gasteiger partial charge in [0, 0.05) is 25.2 Å². The van der Waals surface area contributed by atoms with Crippen LogP contribution in [0, 0.1) is 6.92 Å². The summed E-state index contributed by atoms with van der Waals surface area (Å²) in [6.07, 6.45) is -3.44. The van der Waals surface area contributed by atoms with E-state index in [-0.39, 0.29) is 23.7 Å². The number of para-hydroxylation sites is 1. The molecule has 1 fully saturated rings. The third kappa shape index (κ3) is 5.08. The van der Waals surface area contributed by atoms with Crippen molar-refractivity contribution >= 4 is 11.8 Å². The molecule has 2 heterocycles. The van der Waals surface area contributed by atoms with Gasteiger partial charge in [0.2, 0.25) is 5.91 Å². The molecular formula is C24H23F3N4O2. The zero-order chi connectivity index (χ0) is 23.6. The largest absolute Gasteiger partial charge is 0.416 e. The summed E-state index contributed by atoms with van der Waals surface area (Å²) < 4.78 is 41.4. The predicted octanol–water partition coefficient (Wildman–Crippen LogP) is 4.29. The number of aromatic nitrogens is 2. The fourth-order valence-electron chi connectivity index (χ4n) is 3.93. The highest BCUT2D eigenvalue weighted by molar-refractivity contribution is 5.92. The van der Waals surface area contributed by atoms with Gasteiger partial charge in [-0.25, -0.2) is 4.68 Å². The zero-order valence-electron chi connectivity index (χ0n) is 18.0. The molecule has 1 saturated heterocycles. The molecule has 1 N–H and O–H groups in total. The minimum absolute atomic E-state index is 0.0783. The molecule has 0 bridgehead atoms. The number of likely N-dealkylation sites (tertiary alicyclic amines) is 1. The number of rotatable bonds is 6. The van der Waals surface area contributed by atoms with E-state index in [1.54, 1.807) is 15.6 Å². The molecule has 33 heavy (non-hydrogen) atoms. The number of amides is 2. The lowest BCUT2D eigenvalue weighted by Crippen LogP contribution is -2.39. The Bertz CT molecular complexity index is 1160. The number of halogens is 3. The van der Waals surface area contributed by atoms with E-state index in [1.807, 2.05) is 37.3 Å². The maximum absolute atomic E-state index is 13.3. The summed E-state index contributed by atoms with van der Waals surface area (Å²) in [6.45, 7) is 2.40. The predicted molar refractivity (Wildman–Crippen MR) is 116 cm³/mol.